The van der Waals surface area contributed by atoms with E-state index in [0.717, 1.165) is 12.1 Å². The monoisotopic (exact) mass is 347 g/mol. The molecule has 2 rings (SSSR count). The van der Waals surface area contributed by atoms with E-state index in [9.17, 15) is 4.79 Å². The minimum Gasteiger partial charge on any atom is -0.348 e. The average Bonchev–Trinajstić information content (AvgIpc) is 2.45. The first-order valence-electron chi connectivity index (χ1n) is 6.67. The van der Waals surface area contributed by atoms with Crippen molar-refractivity contribution in [3.63, 3.8) is 0 Å². The summed E-state index contributed by atoms with van der Waals surface area (Å²) in [6.07, 6.45) is 1.61. The molecule has 0 aliphatic heterocycles. The Morgan fingerprint density at radius 1 is 1.24 bits per heavy atom. The number of aromatic nitrogens is 1. The van der Waals surface area contributed by atoms with E-state index in [1.807, 2.05) is 32.3 Å². The Labute approximate surface area is 133 Å². The van der Waals surface area contributed by atoms with Crippen LogP contribution in [0.15, 0.2) is 47.2 Å². The third kappa shape index (κ3) is 4.65. The third-order valence-corrected chi connectivity index (χ3v) is 3.47. The summed E-state index contributed by atoms with van der Waals surface area (Å²) in [4.78, 5) is 18.3. The molecule has 1 amide bonds. The third-order valence-electron chi connectivity index (χ3n) is 3.03. The molecular formula is C16H18BrN3O. The number of benzene rings is 1. The van der Waals surface area contributed by atoms with Gasteiger partial charge < -0.3 is 10.2 Å². The number of carbonyl (C=O) groups is 1. The number of halogens is 1. The lowest BCUT2D eigenvalue weighted by atomic mass is 10.1. The molecule has 0 bridgehead atoms. The van der Waals surface area contributed by atoms with E-state index in [2.05, 4.69) is 37.2 Å². The average molecular weight is 348 g/mol. The summed E-state index contributed by atoms with van der Waals surface area (Å²) in [6.45, 7) is 1.37. The maximum absolute atomic E-state index is 12.1. The van der Waals surface area contributed by atoms with Crippen LogP contribution in [0, 0.1) is 0 Å². The quantitative estimate of drug-likeness (QED) is 0.846. The second-order valence-electron chi connectivity index (χ2n) is 5.06. The highest BCUT2D eigenvalue weighted by Gasteiger charge is 2.08. The molecule has 0 aliphatic carbocycles. The van der Waals surface area contributed by atoms with Crippen molar-refractivity contribution < 1.29 is 4.79 Å². The summed E-state index contributed by atoms with van der Waals surface area (Å²) in [7, 11) is 4.06. The smallest absolute Gasteiger partial charge is 0.251 e. The summed E-state index contributed by atoms with van der Waals surface area (Å²) in [5, 5.41) is 2.95. The minimum absolute atomic E-state index is 0.0993. The zero-order valence-corrected chi connectivity index (χ0v) is 13.7. The van der Waals surface area contributed by atoms with E-state index in [4.69, 9.17) is 0 Å². The van der Waals surface area contributed by atoms with Crippen molar-refractivity contribution in [2.75, 3.05) is 14.1 Å². The van der Waals surface area contributed by atoms with Gasteiger partial charge in [0, 0.05) is 24.8 Å². The zero-order valence-electron chi connectivity index (χ0n) is 12.1. The highest BCUT2D eigenvalue weighted by Crippen LogP contribution is 2.12. The Bertz CT molecular complexity index is 628. The van der Waals surface area contributed by atoms with Crippen molar-refractivity contribution in [1.82, 2.24) is 15.2 Å². The van der Waals surface area contributed by atoms with Crippen LogP contribution < -0.4 is 5.32 Å². The first kappa shape index (κ1) is 15.7. The second kappa shape index (κ2) is 7.33. The molecule has 4 nitrogen and oxygen atoms in total. The molecule has 1 N–H and O–H groups in total. The molecular weight excluding hydrogens is 330 g/mol. The van der Waals surface area contributed by atoms with Crippen LogP contribution >= 0.6 is 15.9 Å². The molecule has 1 aromatic carbocycles. The van der Waals surface area contributed by atoms with Crippen molar-refractivity contribution in [1.29, 1.82) is 0 Å². The van der Waals surface area contributed by atoms with Gasteiger partial charge in [-0.05, 0) is 53.3 Å². The highest BCUT2D eigenvalue weighted by molar-refractivity contribution is 9.10. The number of carbonyl (C=O) groups excluding carboxylic acids is 1. The van der Waals surface area contributed by atoms with Gasteiger partial charge in [-0.1, -0.05) is 24.3 Å². The molecule has 0 saturated carbocycles. The van der Waals surface area contributed by atoms with E-state index >= 15 is 0 Å². The van der Waals surface area contributed by atoms with Gasteiger partial charge in [0.25, 0.3) is 5.91 Å². The van der Waals surface area contributed by atoms with Crippen molar-refractivity contribution in [2.24, 2.45) is 0 Å². The van der Waals surface area contributed by atoms with Gasteiger partial charge >= 0.3 is 0 Å². The predicted molar refractivity (Wildman–Crippen MR) is 86.9 cm³/mol. The molecule has 1 aromatic heterocycles. The number of hydrogen-bond acceptors (Lipinski definition) is 3. The molecule has 2 aromatic rings. The lowest BCUT2D eigenvalue weighted by Gasteiger charge is -2.14. The van der Waals surface area contributed by atoms with E-state index in [1.54, 1.807) is 18.3 Å². The SMILES string of the molecule is CN(C)Cc1ccccc1CNC(=O)c1ccnc(Br)c1. The Morgan fingerprint density at radius 3 is 2.62 bits per heavy atom. The van der Waals surface area contributed by atoms with E-state index in [-0.39, 0.29) is 5.91 Å². The number of amides is 1. The zero-order chi connectivity index (χ0) is 15.2. The van der Waals surface area contributed by atoms with Crippen molar-refractivity contribution >= 4 is 21.8 Å². The summed E-state index contributed by atoms with van der Waals surface area (Å²) >= 11 is 3.27. The summed E-state index contributed by atoms with van der Waals surface area (Å²) in [5.74, 6) is -0.0993. The highest BCUT2D eigenvalue weighted by atomic mass is 79.9. The van der Waals surface area contributed by atoms with Gasteiger partial charge in [0.05, 0.1) is 0 Å². The molecule has 0 fully saturated rings. The molecule has 0 aliphatic rings. The Morgan fingerprint density at radius 2 is 1.95 bits per heavy atom. The van der Waals surface area contributed by atoms with Gasteiger partial charge in [-0.25, -0.2) is 4.98 Å². The van der Waals surface area contributed by atoms with Gasteiger partial charge in [-0.3, -0.25) is 4.79 Å². The number of nitrogens with one attached hydrogen (secondary N) is 1. The van der Waals surface area contributed by atoms with Gasteiger partial charge in [-0.15, -0.1) is 0 Å². The first-order valence-corrected chi connectivity index (χ1v) is 7.47. The Balaban J connectivity index is 2.04. The summed E-state index contributed by atoms with van der Waals surface area (Å²) < 4.78 is 0.656. The fourth-order valence-corrected chi connectivity index (χ4v) is 2.41. The minimum atomic E-state index is -0.0993. The molecule has 0 saturated heterocycles. The Hall–Kier alpha value is -1.72. The van der Waals surface area contributed by atoms with Gasteiger partial charge in [0.15, 0.2) is 0 Å². The molecule has 5 heteroatoms. The molecule has 0 unspecified atom stereocenters. The van der Waals surface area contributed by atoms with Crippen LogP contribution in [0.3, 0.4) is 0 Å². The van der Waals surface area contributed by atoms with Gasteiger partial charge in [0.2, 0.25) is 0 Å². The lowest BCUT2D eigenvalue weighted by Crippen LogP contribution is -2.24. The van der Waals surface area contributed by atoms with E-state index in [1.165, 1.54) is 5.56 Å². The van der Waals surface area contributed by atoms with Crippen LogP contribution in [0.4, 0.5) is 0 Å². The summed E-state index contributed by atoms with van der Waals surface area (Å²) in [6, 6.07) is 11.5. The maximum atomic E-state index is 12.1. The number of pyridine rings is 1. The normalized spacial score (nSPS) is 10.7. The molecule has 110 valence electrons. The van der Waals surface area contributed by atoms with Crippen LogP contribution in [0.5, 0.6) is 0 Å². The van der Waals surface area contributed by atoms with Crippen LogP contribution in [0.2, 0.25) is 0 Å². The largest absolute Gasteiger partial charge is 0.348 e. The van der Waals surface area contributed by atoms with Crippen LogP contribution in [0.1, 0.15) is 21.5 Å². The number of rotatable bonds is 5. The molecule has 0 atom stereocenters. The molecule has 1 heterocycles. The van der Waals surface area contributed by atoms with Crippen LogP contribution in [-0.4, -0.2) is 29.9 Å². The fraction of sp³-hybridized carbons (Fsp3) is 0.250. The van der Waals surface area contributed by atoms with Crippen LogP contribution in [-0.2, 0) is 13.1 Å². The van der Waals surface area contributed by atoms with Crippen LogP contribution in [0.25, 0.3) is 0 Å². The first-order chi connectivity index (χ1) is 10.1. The fourth-order valence-electron chi connectivity index (χ4n) is 2.05. The standard InChI is InChI=1S/C16H18BrN3O/c1-20(2)11-14-6-4-3-5-13(14)10-19-16(21)12-7-8-18-15(17)9-12/h3-9H,10-11H2,1-2H3,(H,19,21). The van der Waals surface area contributed by atoms with Gasteiger partial charge in [-0.2, -0.15) is 0 Å². The van der Waals surface area contributed by atoms with Gasteiger partial charge in [0.1, 0.15) is 4.60 Å². The Kier molecular flexibility index (Phi) is 5.47. The predicted octanol–water partition coefficient (Wildman–Crippen LogP) is 2.84. The molecule has 0 radical (unpaired) electrons. The topological polar surface area (TPSA) is 45.2 Å². The van der Waals surface area contributed by atoms with Crippen molar-refractivity contribution in [3.8, 4) is 0 Å². The number of hydrogen-bond donors (Lipinski definition) is 1. The van der Waals surface area contributed by atoms with Crippen molar-refractivity contribution in [3.05, 3.63) is 63.9 Å². The molecule has 0 spiro atoms. The van der Waals surface area contributed by atoms with E-state index < -0.39 is 0 Å². The second-order valence-corrected chi connectivity index (χ2v) is 5.87. The van der Waals surface area contributed by atoms with Crippen molar-refractivity contribution in [2.45, 2.75) is 13.1 Å². The summed E-state index contributed by atoms with van der Waals surface area (Å²) in [5.41, 5.74) is 2.95. The molecule has 21 heavy (non-hydrogen) atoms. The maximum Gasteiger partial charge on any atom is 0.251 e. The van der Waals surface area contributed by atoms with E-state index in [0.29, 0.717) is 16.7 Å². The number of nitrogens with zero attached hydrogens (tertiary/aromatic N) is 2. The lowest BCUT2D eigenvalue weighted by molar-refractivity contribution is 0.0950.